The number of primary amides is 1. The number of nitrogens with one attached hydrogen (secondary N) is 1. The molecule has 0 radical (unpaired) electrons. The number of carbonyl (C=O) groups excluding carboxylic acids is 2. The second kappa shape index (κ2) is 11.1. The Morgan fingerprint density at radius 3 is 2.26 bits per heavy atom. The molecule has 0 bridgehead atoms. The molecule has 9 nitrogen and oxygen atoms in total. The molecule has 0 saturated heterocycles. The Morgan fingerprint density at radius 2 is 1.66 bits per heavy atom. The highest BCUT2D eigenvalue weighted by Crippen LogP contribution is 2.36. The van der Waals surface area contributed by atoms with Crippen LogP contribution in [0.1, 0.15) is 34.2 Å². The molecule has 2 aromatic carbocycles. The molecular weight excluding hydrogens is 543 g/mol. The van der Waals surface area contributed by atoms with E-state index in [2.05, 4.69) is 15.5 Å². The average molecular weight is 570 g/mol. The molecule has 198 valence electrons. The normalized spacial score (nSPS) is 12.3. The van der Waals surface area contributed by atoms with Crippen LogP contribution in [0.5, 0.6) is 0 Å². The first kappa shape index (κ1) is 27.6. The van der Waals surface area contributed by atoms with Gasteiger partial charge in [0.25, 0.3) is 5.91 Å². The molecule has 4 rings (SSSR count). The lowest BCUT2D eigenvalue weighted by Gasteiger charge is -2.12. The number of aromatic nitrogens is 3. The quantitative estimate of drug-likeness (QED) is 0.286. The maximum Gasteiger partial charge on any atom is 0.252 e. The van der Waals surface area contributed by atoms with Crippen LogP contribution in [0.25, 0.3) is 11.1 Å². The van der Waals surface area contributed by atoms with Crippen LogP contribution in [0, 0.1) is 13.8 Å². The summed E-state index contributed by atoms with van der Waals surface area (Å²) in [6, 6.07) is 14.3. The van der Waals surface area contributed by atoms with E-state index in [-0.39, 0.29) is 27.9 Å². The summed E-state index contributed by atoms with van der Waals surface area (Å²) in [6.45, 7) is 5.55. The first-order chi connectivity index (χ1) is 18.0. The third kappa shape index (κ3) is 5.98. The highest BCUT2D eigenvalue weighted by molar-refractivity contribution is 8.00. The first-order valence-electron chi connectivity index (χ1n) is 11.6. The molecule has 4 aromatic rings. The number of anilines is 1. The van der Waals surface area contributed by atoms with Crippen molar-refractivity contribution in [2.24, 2.45) is 12.8 Å². The molecule has 2 heterocycles. The molecule has 3 N–H and O–H groups in total. The van der Waals surface area contributed by atoms with Crippen molar-refractivity contribution in [1.82, 2.24) is 14.8 Å². The molecule has 0 aliphatic carbocycles. The van der Waals surface area contributed by atoms with Crippen LogP contribution >= 0.6 is 23.1 Å². The van der Waals surface area contributed by atoms with Crippen molar-refractivity contribution in [3.63, 3.8) is 0 Å². The van der Waals surface area contributed by atoms with Crippen molar-refractivity contribution in [2.45, 2.75) is 41.8 Å². The zero-order chi connectivity index (χ0) is 27.6. The number of sulfone groups is 1. The Hall–Kier alpha value is -3.48. The van der Waals surface area contributed by atoms with Gasteiger partial charge in [0.2, 0.25) is 5.91 Å². The predicted octanol–water partition coefficient (Wildman–Crippen LogP) is 4.35. The van der Waals surface area contributed by atoms with Gasteiger partial charge in [-0.25, -0.2) is 8.42 Å². The lowest BCUT2D eigenvalue weighted by molar-refractivity contribution is -0.115. The number of thioether (sulfide) groups is 1. The van der Waals surface area contributed by atoms with Gasteiger partial charge in [-0.15, -0.1) is 21.5 Å². The van der Waals surface area contributed by atoms with Crippen LogP contribution in [-0.4, -0.2) is 40.2 Å². The van der Waals surface area contributed by atoms with Crippen LogP contribution < -0.4 is 11.1 Å². The third-order valence-electron chi connectivity index (χ3n) is 5.91. The number of nitrogens with zero attached hydrogens (tertiary/aromatic N) is 3. The van der Waals surface area contributed by atoms with Gasteiger partial charge >= 0.3 is 0 Å². The minimum atomic E-state index is -3.62. The third-order valence-corrected chi connectivity index (χ3v) is 9.57. The van der Waals surface area contributed by atoms with E-state index in [1.807, 2.05) is 38.1 Å². The van der Waals surface area contributed by atoms with Crippen molar-refractivity contribution in [3.05, 3.63) is 76.4 Å². The Kier molecular flexibility index (Phi) is 8.05. The van der Waals surface area contributed by atoms with E-state index < -0.39 is 21.0 Å². The van der Waals surface area contributed by atoms with Gasteiger partial charge in [0.05, 0.1) is 15.7 Å². The summed E-state index contributed by atoms with van der Waals surface area (Å²) in [4.78, 5) is 25.5. The summed E-state index contributed by atoms with van der Waals surface area (Å²) >= 11 is 2.36. The Labute approximate surface area is 229 Å². The van der Waals surface area contributed by atoms with Gasteiger partial charge < -0.3 is 15.6 Å². The molecule has 0 fully saturated rings. The largest absolute Gasteiger partial charge is 0.365 e. The molecule has 12 heteroatoms. The molecule has 0 saturated carbocycles. The number of hydrogen-bond donors (Lipinski definition) is 2. The number of carbonyl (C=O) groups is 2. The fraction of sp³-hybridized carbons (Fsp3) is 0.231. The minimum Gasteiger partial charge on any atom is -0.365 e. The van der Waals surface area contributed by atoms with Gasteiger partial charge in [0.15, 0.2) is 15.0 Å². The zero-order valence-corrected chi connectivity index (χ0v) is 23.7. The SMILES string of the molecule is Cc1ccc(-c2csc(NC(=O)C(C)Sc3nnc(CS(=O)(=O)c4ccc(C)cc4)n3C)c2C(N)=O)cc1. The summed E-state index contributed by atoms with van der Waals surface area (Å²) in [5.41, 5.74) is 9.46. The number of benzene rings is 2. The number of rotatable bonds is 9. The summed E-state index contributed by atoms with van der Waals surface area (Å²) in [5.74, 6) is -1.05. The topological polar surface area (TPSA) is 137 Å². The fourth-order valence-corrected chi connectivity index (χ4v) is 6.76. The van der Waals surface area contributed by atoms with E-state index in [1.165, 1.54) is 11.3 Å². The standard InChI is InChI=1S/C26H27N5O4S3/c1-15-5-9-18(10-6-15)20-13-36-25(22(20)23(27)32)28-24(33)17(3)37-26-30-29-21(31(26)4)14-38(34,35)19-11-7-16(2)8-12-19/h5-13,17H,14H2,1-4H3,(H2,27,32)(H,28,33). The monoisotopic (exact) mass is 569 g/mol. The molecule has 0 aliphatic rings. The van der Waals surface area contributed by atoms with E-state index in [9.17, 15) is 18.0 Å². The van der Waals surface area contributed by atoms with Crippen molar-refractivity contribution in [3.8, 4) is 11.1 Å². The highest BCUT2D eigenvalue weighted by atomic mass is 32.2. The van der Waals surface area contributed by atoms with Crippen LogP contribution in [0.3, 0.4) is 0 Å². The van der Waals surface area contributed by atoms with Crippen molar-refractivity contribution in [2.75, 3.05) is 5.32 Å². The number of thiophene rings is 1. The summed E-state index contributed by atoms with van der Waals surface area (Å²) < 4.78 is 27.2. The van der Waals surface area contributed by atoms with E-state index >= 15 is 0 Å². The van der Waals surface area contributed by atoms with Gasteiger partial charge in [0, 0.05) is 18.0 Å². The first-order valence-corrected chi connectivity index (χ1v) is 15.0. The highest BCUT2D eigenvalue weighted by Gasteiger charge is 2.25. The van der Waals surface area contributed by atoms with Crippen LogP contribution in [0.2, 0.25) is 0 Å². The maximum absolute atomic E-state index is 13.0. The van der Waals surface area contributed by atoms with Crippen molar-refractivity contribution >= 4 is 49.8 Å². The second-order valence-corrected chi connectivity index (χ2v) is 13.0. The van der Waals surface area contributed by atoms with Crippen LogP contribution in [-0.2, 0) is 27.4 Å². The number of hydrogen-bond acceptors (Lipinski definition) is 8. The van der Waals surface area contributed by atoms with Gasteiger partial charge in [-0.1, -0.05) is 59.3 Å². The van der Waals surface area contributed by atoms with Crippen LogP contribution in [0.15, 0.2) is 64.0 Å². The molecule has 2 aromatic heterocycles. The lowest BCUT2D eigenvalue weighted by atomic mass is 10.0. The summed E-state index contributed by atoms with van der Waals surface area (Å²) in [5, 5.41) is 12.9. The summed E-state index contributed by atoms with van der Waals surface area (Å²) in [6.07, 6.45) is 0. The van der Waals surface area contributed by atoms with E-state index in [0.717, 1.165) is 28.5 Å². The van der Waals surface area contributed by atoms with E-state index in [1.54, 1.807) is 48.2 Å². The fourth-order valence-electron chi connectivity index (χ4n) is 3.64. The zero-order valence-electron chi connectivity index (χ0n) is 21.3. The van der Waals surface area contributed by atoms with Gasteiger partial charge in [-0.2, -0.15) is 0 Å². The summed E-state index contributed by atoms with van der Waals surface area (Å²) in [7, 11) is -1.96. The molecular formula is C26H27N5O4S3. The van der Waals surface area contributed by atoms with Gasteiger partial charge in [0.1, 0.15) is 16.6 Å². The molecule has 1 unspecified atom stereocenters. The Balaban J connectivity index is 1.47. The molecule has 0 aliphatic heterocycles. The second-order valence-electron chi connectivity index (χ2n) is 8.86. The number of nitrogens with two attached hydrogens (primary N) is 1. The average Bonchev–Trinajstić information content (AvgIpc) is 3.43. The molecule has 0 spiro atoms. The minimum absolute atomic E-state index is 0.208. The molecule has 38 heavy (non-hydrogen) atoms. The predicted molar refractivity (Wildman–Crippen MR) is 150 cm³/mol. The van der Waals surface area contributed by atoms with Crippen LogP contribution in [0.4, 0.5) is 5.00 Å². The molecule has 2 amide bonds. The smallest absolute Gasteiger partial charge is 0.252 e. The van der Waals surface area contributed by atoms with Crippen molar-refractivity contribution < 1.29 is 18.0 Å². The van der Waals surface area contributed by atoms with Gasteiger partial charge in [-0.3, -0.25) is 9.59 Å². The number of amides is 2. The van der Waals surface area contributed by atoms with E-state index in [0.29, 0.717) is 15.7 Å². The maximum atomic E-state index is 13.0. The Morgan fingerprint density at radius 1 is 1.05 bits per heavy atom. The Bertz CT molecular complexity index is 1590. The number of aryl methyl sites for hydroxylation is 2. The van der Waals surface area contributed by atoms with Gasteiger partial charge in [-0.05, 0) is 38.5 Å². The molecule has 1 atom stereocenters. The van der Waals surface area contributed by atoms with Crippen molar-refractivity contribution in [1.29, 1.82) is 0 Å². The lowest BCUT2D eigenvalue weighted by Crippen LogP contribution is -2.24. The van der Waals surface area contributed by atoms with E-state index in [4.69, 9.17) is 5.73 Å².